The lowest BCUT2D eigenvalue weighted by molar-refractivity contribution is -0.123. The Kier molecular flexibility index (Phi) is 8.16. The number of amides is 2. The first-order valence-electron chi connectivity index (χ1n) is 12.5. The second kappa shape index (κ2) is 11.5. The molecular formula is C28H37N3O2. The van der Waals surface area contributed by atoms with Gasteiger partial charge in [-0.2, -0.15) is 0 Å². The van der Waals surface area contributed by atoms with Crippen LogP contribution in [0.15, 0.2) is 48.5 Å². The normalized spacial score (nSPS) is 17.4. The number of carbonyl (C=O) groups excluding carboxylic acids is 2. The quantitative estimate of drug-likeness (QED) is 0.616. The van der Waals surface area contributed by atoms with Crippen LogP contribution in [-0.2, 0) is 22.4 Å². The van der Waals surface area contributed by atoms with Gasteiger partial charge in [-0.3, -0.25) is 9.59 Å². The highest BCUT2D eigenvalue weighted by atomic mass is 16.2. The number of piperidine rings is 1. The van der Waals surface area contributed by atoms with Crippen molar-refractivity contribution in [1.82, 2.24) is 15.5 Å². The van der Waals surface area contributed by atoms with E-state index in [0.717, 1.165) is 38.0 Å². The Morgan fingerprint density at radius 2 is 1.55 bits per heavy atom. The summed E-state index contributed by atoms with van der Waals surface area (Å²) in [5.41, 5.74) is 4.88. The molecule has 0 radical (unpaired) electrons. The molecular weight excluding hydrogens is 410 g/mol. The molecule has 176 valence electrons. The molecule has 0 aromatic heterocycles. The van der Waals surface area contributed by atoms with Gasteiger partial charge in [-0.1, -0.05) is 60.5 Å². The highest BCUT2D eigenvalue weighted by Crippen LogP contribution is 2.26. The minimum absolute atomic E-state index is 0.0265. The first-order valence-corrected chi connectivity index (χ1v) is 12.5. The zero-order chi connectivity index (χ0) is 23.0. The molecule has 2 aromatic carbocycles. The van der Waals surface area contributed by atoms with E-state index in [-0.39, 0.29) is 23.8 Å². The van der Waals surface area contributed by atoms with Crippen molar-refractivity contribution in [2.24, 2.45) is 0 Å². The second-order valence-corrected chi connectivity index (χ2v) is 9.71. The monoisotopic (exact) mass is 447 g/mol. The van der Waals surface area contributed by atoms with Gasteiger partial charge in [-0.15, -0.1) is 0 Å². The van der Waals surface area contributed by atoms with Gasteiger partial charge < -0.3 is 15.5 Å². The lowest BCUT2D eigenvalue weighted by Gasteiger charge is -2.26. The third-order valence-electron chi connectivity index (χ3n) is 7.03. The standard InChI is InChI=1S/C28H37N3O2/c1-21-9-11-22(12-10-21)25(19-27(32)29-13-16-31-14-5-2-6-15-31)20-28(33)30-26-17-23-7-3-4-8-24(23)18-26/h3-4,7-12,25-26H,2,5-6,13-20H2,1H3,(H,29,32)(H,30,33). The largest absolute Gasteiger partial charge is 0.355 e. The maximum absolute atomic E-state index is 13.0. The van der Waals surface area contributed by atoms with E-state index in [1.54, 1.807) is 0 Å². The van der Waals surface area contributed by atoms with Gasteiger partial charge in [0.05, 0.1) is 0 Å². The zero-order valence-corrected chi connectivity index (χ0v) is 19.8. The van der Waals surface area contributed by atoms with E-state index in [4.69, 9.17) is 0 Å². The SMILES string of the molecule is Cc1ccc(C(CC(=O)NCCN2CCCCC2)CC(=O)NC2Cc3ccccc3C2)cc1. The average Bonchev–Trinajstić information content (AvgIpc) is 3.22. The number of fused-ring (bicyclic) bond motifs is 1. The molecule has 1 unspecified atom stereocenters. The van der Waals surface area contributed by atoms with Crippen LogP contribution in [0, 0.1) is 6.92 Å². The van der Waals surface area contributed by atoms with Crippen LogP contribution in [0.1, 0.15) is 60.3 Å². The molecule has 4 rings (SSSR count). The number of likely N-dealkylation sites (tertiary alicyclic amines) is 1. The fourth-order valence-electron chi connectivity index (χ4n) is 5.15. The van der Waals surface area contributed by atoms with Gasteiger partial charge in [0, 0.05) is 37.9 Å². The van der Waals surface area contributed by atoms with Crippen molar-refractivity contribution in [1.29, 1.82) is 0 Å². The minimum Gasteiger partial charge on any atom is -0.355 e. The molecule has 0 bridgehead atoms. The van der Waals surface area contributed by atoms with Gasteiger partial charge in [0.15, 0.2) is 0 Å². The molecule has 5 nitrogen and oxygen atoms in total. The molecule has 2 aromatic rings. The van der Waals surface area contributed by atoms with Crippen LogP contribution in [0.25, 0.3) is 0 Å². The topological polar surface area (TPSA) is 61.4 Å². The first-order chi connectivity index (χ1) is 16.1. The van der Waals surface area contributed by atoms with Crippen LogP contribution < -0.4 is 10.6 Å². The van der Waals surface area contributed by atoms with Crippen LogP contribution in [0.2, 0.25) is 0 Å². The number of hydrogen-bond acceptors (Lipinski definition) is 3. The highest BCUT2D eigenvalue weighted by molar-refractivity contribution is 5.81. The number of hydrogen-bond donors (Lipinski definition) is 2. The van der Waals surface area contributed by atoms with Crippen LogP contribution in [0.5, 0.6) is 0 Å². The fourth-order valence-corrected chi connectivity index (χ4v) is 5.15. The fraction of sp³-hybridized carbons (Fsp3) is 0.500. The summed E-state index contributed by atoms with van der Waals surface area (Å²) in [5.74, 6) is -0.0671. The summed E-state index contributed by atoms with van der Waals surface area (Å²) in [5, 5.41) is 6.31. The van der Waals surface area contributed by atoms with Gasteiger partial charge in [0.1, 0.15) is 0 Å². The van der Waals surface area contributed by atoms with Crippen LogP contribution in [0.3, 0.4) is 0 Å². The van der Waals surface area contributed by atoms with Crippen LogP contribution in [0.4, 0.5) is 0 Å². The number of benzene rings is 2. The Hall–Kier alpha value is -2.66. The summed E-state index contributed by atoms with van der Waals surface area (Å²) in [4.78, 5) is 28.1. The van der Waals surface area contributed by atoms with Crippen molar-refractivity contribution in [3.05, 3.63) is 70.8 Å². The first kappa shape index (κ1) is 23.5. The maximum atomic E-state index is 13.0. The van der Waals surface area contributed by atoms with Gasteiger partial charge in [0.25, 0.3) is 0 Å². The van der Waals surface area contributed by atoms with Crippen molar-refractivity contribution in [3.63, 3.8) is 0 Å². The van der Waals surface area contributed by atoms with Gasteiger partial charge in [-0.05, 0) is 62.4 Å². The number of nitrogens with one attached hydrogen (secondary N) is 2. The number of aryl methyl sites for hydroxylation is 1. The summed E-state index contributed by atoms with van der Waals surface area (Å²) in [7, 11) is 0. The van der Waals surface area contributed by atoms with Gasteiger partial charge in [-0.25, -0.2) is 0 Å². The Bertz CT molecular complexity index is 909. The van der Waals surface area contributed by atoms with Crippen molar-refractivity contribution in [3.8, 4) is 0 Å². The van der Waals surface area contributed by atoms with Gasteiger partial charge >= 0.3 is 0 Å². The Morgan fingerprint density at radius 1 is 0.909 bits per heavy atom. The maximum Gasteiger partial charge on any atom is 0.220 e. The summed E-state index contributed by atoms with van der Waals surface area (Å²) in [6, 6.07) is 16.8. The Labute approximate surface area is 197 Å². The third-order valence-corrected chi connectivity index (χ3v) is 7.03. The van der Waals surface area contributed by atoms with E-state index >= 15 is 0 Å². The average molecular weight is 448 g/mol. The second-order valence-electron chi connectivity index (χ2n) is 9.71. The lowest BCUT2D eigenvalue weighted by atomic mass is 9.91. The summed E-state index contributed by atoms with van der Waals surface area (Å²) >= 11 is 0. The summed E-state index contributed by atoms with van der Waals surface area (Å²) in [6.45, 7) is 5.90. The van der Waals surface area contributed by atoms with Crippen LogP contribution in [-0.4, -0.2) is 48.9 Å². The number of rotatable bonds is 9. The molecule has 0 saturated carbocycles. The van der Waals surface area contributed by atoms with Crippen molar-refractivity contribution >= 4 is 11.8 Å². The highest BCUT2D eigenvalue weighted by Gasteiger charge is 2.25. The molecule has 1 aliphatic heterocycles. The summed E-state index contributed by atoms with van der Waals surface area (Å²) in [6.07, 6.45) is 6.25. The third kappa shape index (κ3) is 6.91. The minimum atomic E-state index is -0.121. The zero-order valence-electron chi connectivity index (χ0n) is 19.8. The molecule has 2 aliphatic rings. The molecule has 0 spiro atoms. The predicted molar refractivity (Wildman–Crippen MR) is 132 cm³/mol. The summed E-state index contributed by atoms with van der Waals surface area (Å²) < 4.78 is 0. The van der Waals surface area contributed by atoms with E-state index < -0.39 is 0 Å². The van der Waals surface area contributed by atoms with Crippen molar-refractivity contribution in [2.45, 2.75) is 63.8 Å². The molecule has 1 aliphatic carbocycles. The van der Waals surface area contributed by atoms with E-state index in [1.807, 2.05) is 0 Å². The van der Waals surface area contributed by atoms with Gasteiger partial charge in [0.2, 0.25) is 11.8 Å². The molecule has 5 heteroatoms. The number of carbonyl (C=O) groups is 2. The van der Waals surface area contributed by atoms with E-state index in [0.29, 0.717) is 19.4 Å². The van der Waals surface area contributed by atoms with Crippen molar-refractivity contribution < 1.29 is 9.59 Å². The van der Waals surface area contributed by atoms with E-state index in [1.165, 1.54) is 36.0 Å². The Balaban J connectivity index is 1.31. The molecule has 33 heavy (non-hydrogen) atoms. The molecule has 2 N–H and O–H groups in total. The molecule has 1 fully saturated rings. The number of nitrogens with zero attached hydrogens (tertiary/aromatic N) is 1. The molecule has 2 amide bonds. The predicted octanol–water partition coefficient (Wildman–Crippen LogP) is 3.74. The smallest absolute Gasteiger partial charge is 0.220 e. The van der Waals surface area contributed by atoms with E-state index in [2.05, 4.69) is 71.0 Å². The Morgan fingerprint density at radius 3 is 2.21 bits per heavy atom. The van der Waals surface area contributed by atoms with Crippen molar-refractivity contribution in [2.75, 3.05) is 26.2 Å². The molecule has 1 atom stereocenters. The molecule has 1 saturated heterocycles. The van der Waals surface area contributed by atoms with E-state index in [9.17, 15) is 9.59 Å². The molecule has 1 heterocycles. The lowest BCUT2D eigenvalue weighted by Crippen LogP contribution is -2.38. The van der Waals surface area contributed by atoms with Crippen LogP contribution >= 0.6 is 0 Å².